The molecule has 0 spiro atoms. The number of halogens is 1. The fourth-order valence-electron chi connectivity index (χ4n) is 2.79. The molecule has 0 fully saturated rings. The van der Waals surface area contributed by atoms with Gasteiger partial charge in [-0.15, -0.1) is 0 Å². The highest BCUT2D eigenvalue weighted by Gasteiger charge is 2.12. The van der Waals surface area contributed by atoms with Crippen LogP contribution < -0.4 is 5.32 Å². The highest BCUT2D eigenvalue weighted by atomic mass is 19.1. The van der Waals surface area contributed by atoms with Crippen LogP contribution in [0.5, 0.6) is 0 Å². The van der Waals surface area contributed by atoms with Crippen LogP contribution in [0.2, 0.25) is 0 Å². The molecule has 5 heteroatoms. The Morgan fingerprint density at radius 3 is 2.04 bits per heavy atom. The number of pyridine rings is 2. The van der Waals surface area contributed by atoms with Crippen molar-refractivity contribution in [1.29, 1.82) is 0 Å². The van der Waals surface area contributed by atoms with E-state index in [1.807, 2.05) is 43.4 Å². The highest BCUT2D eigenvalue weighted by molar-refractivity contribution is 5.50. The van der Waals surface area contributed by atoms with Crippen molar-refractivity contribution >= 4 is 5.69 Å². The van der Waals surface area contributed by atoms with Crippen molar-refractivity contribution < 1.29 is 4.39 Å². The second-order valence-electron chi connectivity index (χ2n) is 5.84. The summed E-state index contributed by atoms with van der Waals surface area (Å²) in [4.78, 5) is 11.0. The quantitative estimate of drug-likeness (QED) is 0.711. The van der Waals surface area contributed by atoms with E-state index < -0.39 is 0 Å². The maximum atomic E-state index is 13.7. The summed E-state index contributed by atoms with van der Waals surface area (Å²) in [6, 6.07) is 16.6. The molecule has 0 unspecified atom stereocenters. The lowest BCUT2D eigenvalue weighted by molar-refractivity contribution is 0.242. The number of benzene rings is 1. The van der Waals surface area contributed by atoms with E-state index in [2.05, 4.69) is 20.2 Å². The molecule has 1 aromatic carbocycles. The number of anilines is 1. The van der Waals surface area contributed by atoms with Crippen molar-refractivity contribution in [1.82, 2.24) is 14.9 Å². The SMILES string of the molecule is CNc1ccc(F)cc1CN(Cc1ccccn1)Cc1ccccn1. The Balaban J connectivity index is 1.84. The molecule has 2 heterocycles. The molecule has 25 heavy (non-hydrogen) atoms. The summed E-state index contributed by atoms with van der Waals surface area (Å²) in [5.74, 6) is -0.232. The van der Waals surface area contributed by atoms with Gasteiger partial charge < -0.3 is 5.32 Å². The number of hydrogen-bond donors (Lipinski definition) is 1. The minimum atomic E-state index is -0.232. The zero-order valence-corrected chi connectivity index (χ0v) is 14.2. The first-order valence-corrected chi connectivity index (χ1v) is 8.23. The molecular weight excluding hydrogens is 315 g/mol. The molecule has 0 saturated carbocycles. The van der Waals surface area contributed by atoms with E-state index in [4.69, 9.17) is 0 Å². The van der Waals surface area contributed by atoms with Gasteiger partial charge in [-0.1, -0.05) is 12.1 Å². The van der Waals surface area contributed by atoms with Crippen LogP contribution in [0.3, 0.4) is 0 Å². The van der Waals surface area contributed by atoms with Gasteiger partial charge in [0.05, 0.1) is 11.4 Å². The van der Waals surface area contributed by atoms with E-state index in [0.717, 1.165) is 22.6 Å². The first kappa shape index (κ1) is 17.0. The fourth-order valence-corrected chi connectivity index (χ4v) is 2.79. The van der Waals surface area contributed by atoms with Crippen molar-refractivity contribution in [3.05, 3.63) is 89.8 Å². The first-order valence-electron chi connectivity index (χ1n) is 8.23. The van der Waals surface area contributed by atoms with Crippen LogP contribution in [0.25, 0.3) is 0 Å². The molecule has 0 saturated heterocycles. The Hall–Kier alpha value is -2.79. The lowest BCUT2D eigenvalue weighted by Gasteiger charge is -2.23. The molecular formula is C20H21FN4. The third-order valence-corrected chi connectivity index (χ3v) is 3.95. The van der Waals surface area contributed by atoms with E-state index in [-0.39, 0.29) is 5.82 Å². The van der Waals surface area contributed by atoms with Crippen LogP contribution >= 0.6 is 0 Å². The van der Waals surface area contributed by atoms with Gasteiger partial charge in [-0.25, -0.2) is 4.39 Å². The smallest absolute Gasteiger partial charge is 0.123 e. The Bertz CT molecular complexity index is 752. The van der Waals surface area contributed by atoms with Crippen LogP contribution in [0.15, 0.2) is 67.0 Å². The van der Waals surface area contributed by atoms with Crippen LogP contribution in [-0.2, 0) is 19.6 Å². The lowest BCUT2D eigenvalue weighted by atomic mass is 10.1. The van der Waals surface area contributed by atoms with Gasteiger partial charge in [0.15, 0.2) is 0 Å². The molecule has 0 aliphatic carbocycles. The van der Waals surface area contributed by atoms with Gasteiger partial charge in [0.2, 0.25) is 0 Å². The molecule has 2 aromatic heterocycles. The van der Waals surface area contributed by atoms with E-state index in [0.29, 0.717) is 19.6 Å². The maximum Gasteiger partial charge on any atom is 0.123 e. The van der Waals surface area contributed by atoms with Crippen LogP contribution in [0.4, 0.5) is 10.1 Å². The van der Waals surface area contributed by atoms with Gasteiger partial charge in [0.25, 0.3) is 0 Å². The third-order valence-electron chi connectivity index (χ3n) is 3.95. The summed E-state index contributed by atoms with van der Waals surface area (Å²) < 4.78 is 13.7. The Morgan fingerprint density at radius 2 is 1.52 bits per heavy atom. The number of aromatic nitrogens is 2. The summed E-state index contributed by atoms with van der Waals surface area (Å²) in [5, 5.41) is 3.13. The summed E-state index contributed by atoms with van der Waals surface area (Å²) >= 11 is 0. The number of nitrogens with zero attached hydrogens (tertiary/aromatic N) is 3. The van der Waals surface area contributed by atoms with Crippen molar-refractivity contribution in [2.75, 3.05) is 12.4 Å². The average Bonchev–Trinajstić information content (AvgIpc) is 2.63. The van der Waals surface area contributed by atoms with Crippen LogP contribution in [0.1, 0.15) is 17.0 Å². The maximum absolute atomic E-state index is 13.7. The Kier molecular flexibility index (Phi) is 5.69. The Morgan fingerprint density at radius 1 is 0.880 bits per heavy atom. The predicted molar refractivity (Wildman–Crippen MR) is 97.4 cm³/mol. The van der Waals surface area contributed by atoms with Crippen molar-refractivity contribution in [3.8, 4) is 0 Å². The molecule has 4 nitrogen and oxygen atoms in total. The standard InChI is InChI=1S/C20H21FN4/c1-22-20-9-8-17(21)12-16(20)13-25(14-18-6-2-4-10-23-18)15-19-7-3-5-11-24-19/h2-12,22H,13-15H2,1H3. The van der Waals surface area contributed by atoms with Gasteiger partial charge in [-0.3, -0.25) is 14.9 Å². The molecule has 0 radical (unpaired) electrons. The van der Waals surface area contributed by atoms with Crippen molar-refractivity contribution in [2.24, 2.45) is 0 Å². The summed E-state index contributed by atoms with van der Waals surface area (Å²) in [7, 11) is 1.85. The fraction of sp³-hybridized carbons (Fsp3) is 0.200. The molecule has 3 rings (SSSR count). The monoisotopic (exact) mass is 336 g/mol. The van der Waals surface area contributed by atoms with Crippen LogP contribution in [0, 0.1) is 5.82 Å². The van der Waals surface area contributed by atoms with Gasteiger partial charge in [-0.2, -0.15) is 0 Å². The van der Waals surface area contributed by atoms with Gasteiger partial charge in [0.1, 0.15) is 5.82 Å². The second kappa shape index (κ2) is 8.35. The van der Waals surface area contributed by atoms with Crippen LogP contribution in [-0.4, -0.2) is 21.9 Å². The lowest BCUT2D eigenvalue weighted by Crippen LogP contribution is -2.24. The van der Waals surface area contributed by atoms with Gasteiger partial charge >= 0.3 is 0 Å². The molecule has 0 bridgehead atoms. The van der Waals surface area contributed by atoms with Gasteiger partial charge in [0, 0.05) is 44.8 Å². The molecule has 0 aliphatic heterocycles. The molecule has 0 atom stereocenters. The third kappa shape index (κ3) is 4.84. The first-order chi connectivity index (χ1) is 12.2. The normalized spacial score (nSPS) is 10.8. The zero-order chi connectivity index (χ0) is 17.5. The minimum absolute atomic E-state index is 0.232. The molecule has 0 amide bonds. The highest BCUT2D eigenvalue weighted by Crippen LogP contribution is 2.20. The Labute approximate surface area is 147 Å². The number of hydrogen-bond acceptors (Lipinski definition) is 4. The topological polar surface area (TPSA) is 41.0 Å². The molecule has 3 aromatic rings. The van der Waals surface area contributed by atoms with E-state index in [1.54, 1.807) is 24.5 Å². The zero-order valence-electron chi connectivity index (χ0n) is 14.2. The molecule has 0 aliphatic rings. The number of nitrogens with one attached hydrogen (secondary N) is 1. The summed E-state index contributed by atoms with van der Waals surface area (Å²) in [5.41, 5.74) is 3.78. The van der Waals surface area contributed by atoms with E-state index >= 15 is 0 Å². The van der Waals surface area contributed by atoms with Crippen molar-refractivity contribution in [3.63, 3.8) is 0 Å². The number of rotatable bonds is 7. The van der Waals surface area contributed by atoms with E-state index in [1.165, 1.54) is 6.07 Å². The second-order valence-corrected chi connectivity index (χ2v) is 5.84. The molecule has 128 valence electrons. The predicted octanol–water partition coefficient (Wildman–Crippen LogP) is 3.86. The largest absolute Gasteiger partial charge is 0.388 e. The average molecular weight is 336 g/mol. The minimum Gasteiger partial charge on any atom is -0.388 e. The van der Waals surface area contributed by atoms with Crippen molar-refractivity contribution in [2.45, 2.75) is 19.6 Å². The van der Waals surface area contributed by atoms with E-state index in [9.17, 15) is 4.39 Å². The summed E-state index contributed by atoms with van der Waals surface area (Å²) in [6.45, 7) is 1.93. The molecule has 1 N–H and O–H groups in total. The van der Waals surface area contributed by atoms with Gasteiger partial charge in [-0.05, 0) is 48.0 Å². The summed E-state index contributed by atoms with van der Waals surface area (Å²) in [6.07, 6.45) is 3.57.